The summed E-state index contributed by atoms with van der Waals surface area (Å²) < 4.78 is 52.1. The van der Waals surface area contributed by atoms with Gasteiger partial charge in [0.2, 0.25) is 0 Å². The summed E-state index contributed by atoms with van der Waals surface area (Å²) >= 11 is 2.96. The summed E-state index contributed by atoms with van der Waals surface area (Å²) in [6.45, 7) is 0. The fraction of sp³-hybridized carbons (Fsp3) is 0. The molecular weight excluding hydrogens is 342 g/mol. The van der Waals surface area contributed by atoms with Crippen LogP contribution in [0.15, 0.2) is 46.0 Å². The highest BCUT2D eigenvalue weighted by Gasteiger charge is 2.18. The Morgan fingerprint density at radius 2 is 1.84 bits per heavy atom. The largest absolute Gasteiger partial charge is 0.278 e. The molecule has 0 amide bonds. The standard InChI is InChI=1S/C11H7BrF2N2O2S/c12-10-4-7(13)1-2-11(10)19(17,18)16-9-3-8(14)5-15-6-9/h1-6,16H. The Morgan fingerprint density at radius 3 is 2.47 bits per heavy atom. The Balaban J connectivity index is 2.38. The quantitative estimate of drug-likeness (QED) is 0.927. The number of nitrogens with one attached hydrogen (secondary N) is 1. The van der Waals surface area contributed by atoms with Crippen molar-refractivity contribution in [1.29, 1.82) is 0 Å². The van der Waals surface area contributed by atoms with Gasteiger partial charge < -0.3 is 0 Å². The highest BCUT2D eigenvalue weighted by molar-refractivity contribution is 9.10. The van der Waals surface area contributed by atoms with E-state index in [0.717, 1.165) is 36.7 Å². The Morgan fingerprint density at radius 1 is 1.11 bits per heavy atom. The second-order valence-electron chi connectivity index (χ2n) is 3.57. The maximum absolute atomic E-state index is 12.9. The van der Waals surface area contributed by atoms with Crippen LogP contribution in [0.2, 0.25) is 0 Å². The van der Waals surface area contributed by atoms with Crippen LogP contribution in [0.1, 0.15) is 0 Å². The van der Waals surface area contributed by atoms with Gasteiger partial charge in [0.25, 0.3) is 10.0 Å². The average Bonchev–Trinajstić information content (AvgIpc) is 2.27. The highest BCUT2D eigenvalue weighted by atomic mass is 79.9. The number of rotatable bonds is 3. The maximum Gasteiger partial charge on any atom is 0.263 e. The van der Waals surface area contributed by atoms with E-state index in [1.807, 2.05) is 0 Å². The first-order valence-electron chi connectivity index (χ1n) is 4.97. The molecule has 100 valence electrons. The highest BCUT2D eigenvalue weighted by Crippen LogP contribution is 2.24. The number of sulfonamides is 1. The molecule has 0 radical (unpaired) electrons. The molecule has 0 bridgehead atoms. The zero-order valence-corrected chi connectivity index (χ0v) is 11.7. The lowest BCUT2D eigenvalue weighted by Gasteiger charge is -2.09. The molecule has 0 atom stereocenters. The molecule has 0 saturated heterocycles. The third-order valence-electron chi connectivity index (χ3n) is 2.14. The second-order valence-corrected chi connectivity index (χ2v) is 6.08. The van der Waals surface area contributed by atoms with Gasteiger partial charge in [0, 0.05) is 10.5 Å². The molecule has 8 heteroatoms. The Bertz CT molecular complexity index is 722. The maximum atomic E-state index is 12.9. The minimum atomic E-state index is -3.95. The van der Waals surface area contributed by atoms with Gasteiger partial charge >= 0.3 is 0 Å². The Hall–Kier alpha value is -1.54. The fourth-order valence-corrected chi connectivity index (χ4v) is 3.46. The summed E-state index contributed by atoms with van der Waals surface area (Å²) in [4.78, 5) is 3.37. The van der Waals surface area contributed by atoms with Gasteiger partial charge in [-0.1, -0.05) is 0 Å². The predicted octanol–water partition coefficient (Wildman–Crippen LogP) is 2.92. The van der Waals surface area contributed by atoms with Gasteiger partial charge in [-0.05, 0) is 34.1 Å². The van der Waals surface area contributed by atoms with Crippen LogP contribution in [0.5, 0.6) is 0 Å². The van der Waals surface area contributed by atoms with Gasteiger partial charge in [-0.2, -0.15) is 0 Å². The first-order valence-corrected chi connectivity index (χ1v) is 7.24. The molecule has 0 saturated carbocycles. The lowest BCUT2D eigenvalue weighted by molar-refractivity contribution is 0.598. The van der Waals surface area contributed by atoms with Gasteiger partial charge in [0.05, 0.1) is 18.1 Å². The van der Waals surface area contributed by atoms with Crippen molar-refractivity contribution in [3.05, 3.63) is 52.8 Å². The molecule has 4 nitrogen and oxygen atoms in total. The minimum Gasteiger partial charge on any atom is -0.278 e. The number of nitrogens with zero attached hydrogens (tertiary/aromatic N) is 1. The summed E-state index contributed by atoms with van der Waals surface area (Å²) in [6, 6.07) is 4.14. The van der Waals surface area contributed by atoms with Crippen LogP contribution >= 0.6 is 15.9 Å². The van der Waals surface area contributed by atoms with Crippen molar-refractivity contribution in [3.63, 3.8) is 0 Å². The van der Waals surface area contributed by atoms with Gasteiger partial charge in [0.15, 0.2) is 0 Å². The number of aromatic nitrogens is 1. The van der Waals surface area contributed by atoms with Gasteiger partial charge in [-0.15, -0.1) is 0 Å². The molecule has 2 rings (SSSR count). The van der Waals surface area contributed by atoms with Crippen molar-refractivity contribution in [2.24, 2.45) is 0 Å². The van der Waals surface area contributed by atoms with E-state index < -0.39 is 21.7 Å². The normalized spacial score (nSPS) is 11.3. The first-order chi connectivity index (χ1) is 8.88. The number of pyridine rings is 1. The Kier molecular flexibility index (Phi) is 3.81. The molecule has 1 aromatic carbocycles. The summed E-state index contributed by atoms with van der Waals surface area (Å²) in [5.74, 6) is -1.24. The van der Waals surface area contributed by atoms with E-state index in [2.05, 4.69) is 25.6 Å². The van der Waals surface area contributed by atoms with Crippen molar-refractivity contribution in [3.8, 4) is 0 Å². The van der Waals surface area contributed by atoms with E-state index in [1.54, 1.807) is 0 Å². The summed E-state index contributed by atoms with van der Waals surface area (Å²) in [5, 5.41) is 0. The smallest absolute Gasteiger partial charge is 0.263 e. The van der Waals surface area contributed by atoms with Crippen molar-refractivity contribution in [2.45, 2.75) is 4.90 Å². The average molecular weight is 349 g/mol. The van der Waals surface area contributed by atoms with E-state index in [1.165, 1.54) is 0 Å². The number of hydrogen-bond acceptors (Lipinski definition) is 3. The summed E-state index contributed by atoms with van der Waals surface area (Å²) in [7, 11) is -3.95. The predicted molar refractivity (Wildman–Crippen MR) is 69.1 cm³/mol. The molecule has 0 spiro atoms. The van der Waals surface area contributed by atoms with E-state index >= 15 is 0 Å². The van der Waals surface area contributed by atoms with Crippen LogP contribution in [-0.4, -0.2) is 13.4 Å². The zero-order valence-electron chi connectivity index (χ0n) is 9.27. The molecule has 0 aliphatic rings. The molecule has 1 heterocycles. The van der Waals surface area contributed by atoms with Crippen LogP contribution < -0.4 is 4.72 Å². The molecule has 1 N–H and O–H groups in total. The van der Waals surface area contributed by atoms with Gasteiger partial charge in [0.1, 0.15) is 16.5 Å². The number of anilines is 1. The van der Waals surface area contributed by atoms with Crippen LogP contribution in [0.3, 0.4) is 0 Å². The van der Waals surface area contributed by atoms with Gasteiger partial charge in [-0.3, -0.25) is 9.71 Å². The molecule has 19 heavy (non-hydrogen) atoms. The molecule has 1 aromatic heterocycles. The fourth-order valence-electron chi connectivity index (χ4n) is 1.37. The first kappa shape index (κ1) is 13.9. The molecule has 0 fully saturated rings. The van der Waals surface area contributed by atoms with E-state index in [-0.39, 0.29) is 15.1 Å². The Labute approximate surface area is 116 Å². The van der Waals surface area contributed by atoms with Gasteiger partial charge in [-0.25, -0.2) is 17.2 Å². The molecule has 0 aliphatic heterocycles. The van der Waals surface area contributed by atoms with Crippen molar-refractivity contribution in [1.82, 2.24) is 4.98 Å². The van der Waals surface area contributed by atoms with E-state index in [9.17, 15) is 17.2 Å². The number of halogens is 3. The lowest BCUT2D eigenvalue weighted by atomic mass is 10.3. The second kappa shape index (κ2) is 5.22. The van der Waals surface area contributed by atoms with Crippen LogP contribution in [0.25, 0.3) is 0 Å². The third-order valence-corrected chi connectivity index (χ3v) is 4.50. The molecule has 2 aromatic rings. The summed E-state index contributed by atoms with van der Waals surface area (Å²) in [6.07, 6.45) is 2.11. The van der Waals surface area contributed by atoms with Crippen molar-refractivity contribution >= 4 is 31.6 Å². The monoisotopic (exact) mass is 348 g/mol. The van der Waals surface area contributed by atoms with E-state index in [4.69, 9.17) is 0 Å². The topological polar surface area (TPSA) is 59.1 Å². The zero-order chi connectivity index (χ0) is 14.0. The molecular formula is C11H7BrF2N2O2S. The van der Waals surface area contributed by atoms with Crippen molar-refractivity contribution < 1.29 is 17.2 Å². The SMILES string of the molecule is O=S(=O)(Nc1cncc(F)c1)c1ccc(F)cc1Br. The third kappa shape index (κ3) is 3.27. The van der Waals surface area contributed by atoms with Crippen LogP contribution in [-0.2, 0) is 10.0 Å². The number of benzene rings is 1. The summed E-state index contributed by atoms with van der Waals surface area (Å²) in [5.41, 5.74) is -0.0174. The van der Waals surface area contributed by atoms with Crippen molar-refractivity contribution in [2.75, 3.05) is 4.72 Å². The van der Waals surface area contributed by atoms with E-state index in [0.29, 0.717) is 0 Å². The molecule has 0 unspecified atom stereocenters. The van der Waals surface area contributed by atoms with Crippen LogP contribution in [0, 0.1) is 11.6 Å². The molecule has 0 aliphatic carbocycles. The lowest BCUT2D eigenvalue weighted by Crippen LogP contribution is -2.14. The number of hydrogen-bond donors (Lipinski definition) is 1. The van der Waals surface area contributed by atoms with Crippen LogP contribution in [0.4, 0.5) is 14.5 Å². The minimum absolute atomic E-state index is 0.0174.